The summed E-state index contributed by atoms with van der Waals surface area (Å²) in [5.74, 6) is -0.197. The lowest BCUT2D eigenvalue weighted by Gasteiger charge is -2.07. The number of aromatic nitrogens is 2. The minimum Gasteiger partial charge on any atom is -0.477 e. The van der Waals surface area contributed by atoms with Crippen LogP contribution in [0.1, 0.15) is 47.9 Å². The lowest BCUT2D eigenvalue weighted by Crippen LogP contribution is -2.07. The van der Waals surface area contributed by atoms with Crippen molar-refractivity contribution < 1.29 is 9.90 Å². The largest absolute Gasteiger partial charge is 0.477 e. The van der Waals surface area contributed by atoms with E-state index in [1.54, 1.807) is 0 Å². The molecule has 0 bridgehead atoms. The second-order valence-corrected chi connectivity index (χ2v) is 4.11. The Balaban J connectivity index is 2.34. The molecule has 1 aliphatic carbocycles. The van der Waals surface area contributed by atoms with Crippen LogP contribution in [0.4, 0.5) is 0 Å². The minimum atomic E-state index is -1.06. The molecule has 0 radical (unpaired) electrons. The fourth-order valence-corrected chi connectivity index (χ4v) is 2.10. The minimum absolute atomic E-state index is 0.0168. The van der Waals surface area contributed by atoms with Crippen molar-refractivity contribution in [2.75, 3.05) is 0 Å². The van der Waals surface area contributed by atoms with E-state index in [4.69, 9.17) is 16.7 Å². The predicted octanol–water partition coefficient (Wildman–Crippen LogP) is 2.49. The number of halogens is 1. The van der Waals surface area contributed by atoms with Crippen LogP contribution in [-0.2, 0) is 0 Å². The number of carbonyl (C=O) groups is 1. The van der Waals surface area contributed by atoms with E-state index < -0.39 is 5.97 Å². The second-order valence-electron chi connectivity index (χ2n) is 3.72. The SMILES string of the molecule is O=C(O)c1cc(Cl)nc(C2CCCC2)n1. The Morgan fingerprint density at radius 3 is 2.67 bits per heavy atom. The molecule has 0 aromatic carbocycles. The van der Waals surface area contributed by atoms with Gasteiger partial charge in [0, 0.05) is 12.0 Å². The van der Waals surface area contributed by atoms with Crippen LogP contribution in [0, 0.1) is 0 Å². The van der Waals surface area contributed by atoms with Crippen LogP contribution < -0.4 is 0 Å². The van der Waals surface area contributed by atoms with Crippen molar-refractivity contribution in [3.8, 4) is 0 Å². The summed E-state index contributed by atoms with van der Waals surface area (Å²) in [4.78, 5) is 18.9. The van der Waals surface area contributed by atoms with Gasteiger partial charge in [0.25, 0.3) is 0 Å². The first-order chi connectivity index (χ1) is 7.16. The standard InChI is InChI=1S/C10H11ClN2O2/c11-8-5-7(10(14)15)12-9(13-8)6-3-1-2-4-6/h5-6H,1-4H2,(H,14,15). The van der Waals surface area contributed by atoms with Crippen molar-refractivity contribution in [1.82, 2.24) is 9.97 Å². The normalized spacial score (nSPS) is 16.9. The van der Waals surface area contributed by atoms with Crippen LogP contribution in [0.3, 0.4) is 0 Å². The van der Waals surface area contributed by atoms with E-state index >= 15 is 0 Å². The number of nitrogens with zero attached hydrogens (tertiary/aromatic N) is 2. The van der Waals surface area contributed by atoms with Gasteiger partial charge in [0.2, 0.25) is 0 Å². The quantitative estimate of drug-likeness (QED) is 0.787. The molecule has 80 valence electrons. The zero-order chi connectivity index (χ0) is 10.8. The fourth-order valence-electron chi connectivity index (χ4n) is 1.91. The Labute approximate surface area is 92.3 Å². The summed E-state index contributed by atoms with van der Waals surface area (Å²) in [5.41, 5.74) is -0.0168. The van der Waals surface area contributed by atoms with Gasteiger partial charge in [-0.05, 0) is 12.8 Å². The summed E-state index contributed by atoms with van der Waals surface area (Å²) in [5, 5.41) is 9.04. The second kappa shape index (κ2) is 4.14. The van der Waals surface area contributed by atoms with Gasteiger partial charge in [0.1, 0.15) is 11.0 Å². The lowest BCUT2D eigenvalue weighted by molar-refractivity contribution is 0.0689. The van der Waals surface area contributed by atoms with Crippen LogP contribution in [0.15, 0.2) is 6.07 Å². The average Bonchev–Trinajstić information content (AvgIpc) is 2.69. The number of carboxylic acid groups (broad SMARTS) is 1. The van der Waals surface area contributed by atoms with E-state index in [-0.39, 0.29) is 16.8 Å². The van der Waals surface area contributed by atoms with Crippen molar-refractivity contribution in [3.63, 3.8) is 0 Å². The highest BCUT2D eigenvalue weighted by atomic mass is 35.5. The summed E-state index contributed by atoms with van der Waals surface area (Å²) < 4.78 is 0. The molecule has 1 aromatic heterocycles. The van der Waals surface area contributed by atoms with Crippen LogP contribution >= 0.6 is 11.6 Å². The van der Waals surface area contributed by atoms with Gasteiger partial charge in [-0.3, -0.25) is 0 Å². The average molecular weight is 227 g/mol. The highest BCUT2D eigenvalue weighted by molar-refractivity contribution is 6.29. The summed E-state index contributed by atoms with van der Waals surface area (Å²) in [6, 6.07) is 1.28. The molecule has 1 heterocycles. The van der Waals surface area contributed by atoms with Gasteiger partial charge < -0.3 is 5.11 Å². The molecule has 5 heteroatoms. The smallest absolute Gasteiger partial charge is 0.354 e. The van der Waals surface area contributed by atoms with Crippen LogP contribution in [0.5, 0.6) is 0 Å². The number of carboxylic acids is 1. The van der Waals surface area contributed by atoms with Gasteiger partial charge >= 0.3 is 5.97 Å². The highest BCUT2D eigenvalue weighted by Gasteiger charge is 2.21. The van der Waals surface area contributed by atoms with Crippen LogP contribution in [0.2, 0.25) is 5.15 Å². The van der Waals surface area contributed by atoms with Crippen molar-refractivity contribution in [3.05, 3.63) is 22.7 Å². The molecule has 0 amide bonds. The molecule has 1 aromatic rings. The van der Waals surface area contributed by atoms with E-state index in [1.165, 1.54) is 6.07 Å². The maximum atomic E-state index is 10.8. The molecule has 1 saturated carbocycles. The zero-order valence-electron chi connectivity index (χ0n) is 8.11. The molecule has 0 aliphatic heterocycles. The lowest BCUT2D eigenvalue weighted by atomic mass is 10.1. The third-order valence-electron chi connectivity index (χ3n) is 2.65. The highest BCUT2D eigenvalue weighted by Crippen LogP contribution is 2.32. The molecule has 1 fully saturated rings. The molecule has 0 unspecified atom stereocenters. The zero-order valence-corrected chi connectivity index (χ0v) is 8.87. The summed E-state index contributed by atoms with van der Waals surface area (Å²) in [6.07, 6.45) is 4.37. The van der Waals surface area contributed by atoms with Gasteiger partial charge in [-0.1, -0.05) is 24.4 Å². The molecule has 0 saturated heterocycles. The van der Waals surface area contributed by atoms with E-state index in [0.29, 0.717) is 5.82 Å². The summed E-state index contributed by atoms with van der Waals surface area (Å²) >= 11 is 5.76. The Bertz CT molecular complexity index is 389. The number of hydrogen-bond acceptors (Lipinski definition) is 3. The molecule has 0 spiro atoms. The fraction of sp³-hybridized carbons (Fsp3) is 0.500. The van der Waals surface area contributed by atoms with Crippen LogP contribution in [-0.4, -0.2) is 21.0 Å². The first-order valence-electron chi connectivity index (χ1n) is 4.94. The molecule has 1 N–H and O–H groups in total. The van der Waals surface area contributed by atoms with Gasteiger partial charge in [-0.2, -0.15) is 0 Å². The molecule has 1 aliphatic rings. The van der Waals surface area contributed by atoms with Crippen molar-refractivity contribution >= 4 is 17.6 Å². The Morgan fingerprint density at radius 1 is 1.40 bits per heavy atom. The van der Waals surface area contributed by atoms with Crippen molar-refractivity contribution in [1.29, 1.82) is 0 Å². The van der Waals surface area contributed by atoms with Crippen molar-refractivity contribution in [2.24, 2.45) is 0 Å². The molecule has 0 atom stereocenters. The van der Waals surface area contributed by atoms with Gasteiger partial charge in [0.05, 0.1) is 0 Å². The first kappa shape index (κ1) is 10.4. The van der Waals surface area contributed by atoms with E-state index in [1.807, 2.05) is 0 Å². The molecule has 4 nitrogen and oxygen atoms in total. The Kier molecular flexibility index (Phi) is 2.86. The number of aromatic carboxylic acids is 1. The number of rotatable bonds is 2. The molecule has 2 rings (SSSR count). The monoisotopic (exact) mass is 226 g/mol. The predicted molar refractivity (Wildman–Crippen MR) is 55.2 cm³/mol. The molecular weight excluding hydrogens is 216 g/mol. The van der Waals surface area contributed by atoms with E-state index in [0.717, 1.165) is 25.7 Å². The Hall–Kier alpha value is -1.16. The molecular formula is C10H11ClN2O2. The topological polar surface area (TPSA) is 63.1 Å². The van der Waals surface area contributed by atoms with Gasteiger partial charge in [-0.25, -0.2) is 14.8 Å². The van der Waals surface area contributed by atoms with E-state index in [2.05, 4.69) is 9.97 Å². The number of hydrogen-bond donors (Lipinski definition) is 1. The maximum absolute atomic E-state index is 10.8. The summed E-state index contributed by atoms with van der Waals surface area (Å²) in [6.45, 7) is 0. The summed E-state index contributed by atoms with van der Waals surface area (Å²) in [7, 11) is 0. The maximum Gasteiger partial charge on any atom is 0.354 e. The first-order valence-corrected chi connectivity index (χ1v) is 5.32. The molecule has 15 heavy (non-hydrogen) atoms. The van der Waals surface area contributed by atoms with Gasteiger partial charge in [-0.15, -0.1) is 0 Å². The van der Waals surface area contributed by atoms with Crippen LogP contribution in [0.25, 0.3) is 0 Å². The van der Waals surface area contributed by atoms with Gasteiger partial charge in [0.15, 0.2) is 5.69 Å². The van der Waals surface area contributed by atoms with Crippen molar-refractivity contribution in [2.45, 2.75) is 31.6 Å². The van der Waals surface area contributed by atoms with E-state index in [9.17, 15) is 4.79 Å². The third kappa shape index (κ3) is 2.26. The Morgan fingerprint density at radius 2 is 2.07 bits per heavy atom. The third-order valence-corrected chi connectivity index (χ3v) is 2.85.